The fourth-order valence-electron chi connectivity index (χ4n) is 1.37. The van der Waals surface area contributed by atoms with Crippen molar-refractivity contribution in [2.24, 2.45) is 0 Å². The molecular formula is C12H16FNO5. The van der Waals surface area contributed by atoms with E-state index in [0.29, 0.717) is 13.2 Å². The fourth-order valence-corrected chi connectivity index (χ4v) is 1.37. The summed E-state index contributed by atoms with van der Waals surface area (Å²) in [7, 11) is 1.56. The molecule has 0 spiro atoms. The molecule has 0 aromatic heterocycles. The van der Waals surface area contributed by atoms with E-state index in [2.05, 4.69) is 0 Å². The number of nitrogen functional groups attached to an aromatic ring is 1. The molecule has 1 rings (SSSR count). The molecule has 0 heterocycles. The predicted octanol–water partition coefficient (Wildman–Crippen LogP) is 1.15. The maximum Gasteiger partial charge on any atom is 0.341 e. The van der Waals surface area contributed by atoms with Crippen molar-refractivity contribution in [3.8, 4) is 5.75 Å². The molecule has 0 aliphatic carbocycles. The molecule has 0 aliphatic heterocycles. The normalized spacial score (nSPS) is 10.4. The van der Waals surface area contributed by atoms with E-state index in [4.69, 9.17) is 25.1 Å². The van der Waals surface area contributed by atoms with Gasteiger partial charge in [0.05, 0.1) is 25.5 Å². The first-order chi connectivity index (χ1) is 9.07. The summed E-state index contributed by atoms with van der Waals surface area (Å²) in [6.07, 6.45) is 0. The zero-order valence-corrected chi connectivity index (χ0v) is 10.5. The first-order valence-corrected chi connectivity index (χ1v) is 5.58. The Morgan fingerprint density at radius 1 is 1.32 bits per heavy atom. The highest BCUT2D eigenvalue weighted by Gasteiger charge is 2.18. The maximum atomic E-state index is 13.2. The lowest BCUT2D eigenvalue weighted by molar-refractivity contribution is 0.0535. The molecule has 0 atom stereocenters. The van der Waals surface area contributed by atoms with Crippen LogP contribution in [0.2, 0.25) is 0 Å². The van der Waals surface area contributed by atoms with Gasteiger partial charge in [-0.05, 0) is 12.1 Å². The van der Waals surface area contributed by atoms with Crippen molar-refractivity contribution in [1.29, 1.82) is 0 Å². The molecule has 19 heavy (non-hydrogen) atoms. The smallest absolute Gasteiger partial charge is 0.341 e. The van der Waals surface area contributed by atoms with Gasteiger partial charge in [0.25, 0.3) is 0 Å². The third-order valence-electron chi connectivity index (χ3n) is 2.28. The molecule has 7 heteroatoms. The molecular weight excluding hydrogens is 257 g/mol. The number of carboxylic acids is 1. The first kappa shape index (κ1) is 15.2. The van der Waals surface area contributed by atoms with Crippen molar-refractivity contribution >= 4 is 11.7 Å². The van der Waals surface area contributed by atoms with Gasteiger partial charge in [-0.3, -0.25) is 0 Å². The van der Waals surface area contributed by atoms with Crippen molar-refractivity contribution in [2.45, 2.75) is 0 Å². The van der Waals surface area contributed by atoms with Crippen molar-refractivity contribution in [3.05, 3.63) is 23.5 Å². The predicted molar refractivity (Wildman–Crippen MR) is 66.0 cm³/mol. The van der Waals surface area contributed by atoms with E-state index in [1.165, 1.54) is 6.07 Å². The van der Waals surface area contributed by atoms with E-state index in [0.717, 1.165) is 6.07 Å². The van der Waals surface area contributed by atoms with Crippen LogP contribution in [0.4, 0.5) is 10.1 Å². The molecule has 0 fully saturated rings. The SMILES string of the molecule is COCCOCCOc1ccc(F)c(N)c1C(=O)O. The van der Waals surface area contributed by atoms with Crippen LogP contribution in [0.3, 0.4) is 0 Å². The summed E-state index contributed by atoms with van der Waals surface area (Å²) in [5, 5.41) is 8.97. The molecule has 1 aromatic carbocycles. The average Bonchev–Trinajstić information content (AvgIpc) is 2.37. The Bertz CT molecular complexity index is 438. The van der Waals surface area contributed by atoms with Crippen LogP contribution < -0.4 is 10.5 Å². The Morgan fingerprint density at radius 3 is 2.63 bits per heavy atom. The summed E-state index contributed by atoms with van der Waals surface area (Å²) in [5.41, 5.74) is 4.55. The molecule has 0 saturated heterocycles. The molecule has 0 aliphatic rings. The van der Waals surface area contributed by atoms with Crippen molar-refractivity contribution in [1.82, 2.24) is 0 Å². The number of hydrogen-bond donors (Lipinski definition) is 2. The summed E-state index contributed by atoms with van der Waals surface area (Å²) in [6.45, 7) is 1.27. The number of nitrogens with two attached hydrogens (primary N) is 1. The largest absolute Gasteiger partial charge is 0.490 e. The fraction of sp³-hybridized carbons (Fsp3) is 0.417. The third-order valence-corrected chi connectivity index (χ3v) is 2.28. The number of carboxylic acid groups (broad SMARTS) is 1. The van der Waals surface area contributed by atoms with Crippen molar-refractivity contribution in [3.63, 3.8) is 0 Å². The van der Waals surface area contributed by atoms with Crippen molar-refractivity contribution < 1.29 is 28.5 Å². The van der Waals surface area contributed by atoms with Gasteiger partial charge in [0.1, 0.15) is 23.7 Å². The van der Waals surface area contributed by atoms with E-state index in [1.807, 2.05) is 0 Å². The van der Waals surface area contributed by atoms with Crippen molar-refractivity contribution in [2.75, 3.05) is 39.3 Å². The minimum atomic E-state index is -1.34. The quantitative estimate of drug-likeness (QED) is 0.545. The zero-order chi connectivity index (χ0) is 14.3. The highest BCUT2D eigenvalue weighted by atomic mass is 19.1. The van der Waals surface area contributed by atoms with Crippen LogP contribution in [0, 0.1) is 5.82 Å². The summed E-state index contributed by atoms with van der Waals surface area (Å²) in [6, 6.07) is 2.28. The van der Waals surface area contributed by atoms with Crippen LogP contribution in [0.25, 0.3) is 0 Å². The number of anilines is 1. The molecule has 0 saturated carbocycles. The molecule has 0 amide bonds. The number of halogens is 1. The zero-order valence-electron chi connectivity index (χ0n) is 10.5. The topological polar surface area (TPSA) is 91.0 Å². The van der Waals surface area contributed by atoms with E-state index in [1.54, 1.807) is 7.11 Å². The van der Waals surface area contributed by atoms with Gasteiger partial charge in [-0.25, -0.2) is 9.18 Å². The van der Waals surface area contributed by atoms with E-state index in [9.17, 15) is 9.18 Å². The monoisotopic (exact) mass is 273 g/mol. The Hall–Kier alpha value is -1.86. The third kappa shape index (κ3) is 4.38. The summed E-state index contributed by atoms with van der Waals surface area (Å²) >= 11 is 0. The highest BCUT2D eigenvalue weighted by molar-refractivity contribution is 5.96. The van der Waals surface area contributed by atoms with Gasteiger partial charge >= 0.3 is 5.97 Å². The van der Waals surface area contributed by atoms with Crippen LogP contribution >= 0.6 is 0 Å². The van der Waals surface area contributed by atoms with Crippen LogP contribution in [0.1, 0.15) is 10.4 Å². The Kier molecular flexibility index (Phi) is 6.04. The van der Waals surface area contributed by atoms with Gasteiger partial charge in [0, 0.05) is 7.11 Å². The lowest BCUT2D eigenvalue weighted by Gasteiger charge is -2.11. The minimum absolute atomic E-state index is 0.0155. The van der Waals surface area contributed by atoms with Gasteiger partial charge in [0.15, 0.2) is 0 Å². The average molecular weight is 273 g/mol. The Morgan fingerprint density at radius 2 is 2.00 bits per heavy atom. The van der Waals surface area contributed by atoms with Crippen LogP contribution in [-0.4, -0.2) is 44.6 Å². The molecule has 1 aromatic rings. The number of carbonyl (C=O) groups is 1. The first-order valence-electron chi connectivity index (χ1n) is 5.58. The van der Waals surface area contributed by atoms with Crippen LogP contribution in [-0.2, 0) is 9.47 Å². The maximum absolute atomic E-state index is 13.2. The Balaban J connectivity index is 2.58. The number of methoxy groups -OCH3 is 1. The molecule has 106 valence electrons. The van der Waals surface area contributed by atoms with Crippen LogP contribution in [0.15, 0.2) is 12.1 Å². The number of ether oxygens (including phenoxy) is 3. The van der Waals surface area contributed by atoms with Gasteiger partial charge < -0.3 is 25.1 Å². The van der Waals surface area contributed by atoms with Gasteiger partial charge in [0.2, 0.25) is 0 Å². The summed E-state index contributed by atoms with van der Waals surface area (Å²) < 4.78 is 28.3. The van der Waals surface area contributed by atoms with E-state index < -0.39 is 17.5 Å². The summed E-state index contributed by atoms with van der Waals surface area (Å²) in [5.74, 6) is -2.12. The molecule has 0 radical (unpaired) electrons. The second kappa shape index (κ2) is 7.55. The molecule has 3 N–H and O–H groups in total. The highest BCUT2D eigenvalue weighted by Crippen LogP contribution is 2.27. The van der Waals surface area contributed by atoms with Gasteiger partial charge in [-0.1, -0.05) is 0 Å². The molecule has 0 bridgehead atoms. The standard InChI is InChI=1S/C12H16FNO5/c1-17-4-5-18-6-7-19-9-3-2-8(13)11(14)10(9)12(15)16/h2-3H,4-7,14H2,1H3,(H,15,16). The van der Waals surface area contributed by atoms with Crippen LogP contribution in [0.5, 0.6) is 5.75 Å². The molecule has 0 unspecified atom stereocenters. The minimum Gasteiger partial charge on any atom is -0.490 e. The lowest BCUT2D eigenvalue weighted by atomic mass is 10.1. The van der Waals surface area contributed by atoms with Gasteiger partial charge in [-0.15, -0.1) is 0 Å². The Labute approximate surface area is 109 Å². The lowest BCUT2D eigenvalue weighted by Crippen LogP contribution is -2.13. The number of aromatic carboxylic acids is 1. The van der Waals surface area contributed by atoms with E-state index in [-0.39, 0.29) is 24.5 Å². The number of benzene rings is 1. The van der Waals surface area contributed by atoms with E-state index >= 15 is 0 Å². The number of hydrogen-bond acceptors (Lipinski definition) is 5. The second-order valence-corrected chi connectivity index (χ2v) is 3.59. The van der Waals surface area contributed by atoms with Gasteiger partial charge in [-0.2, -0.15) is 0 Å². The molecule has 6 nitrogen and oxygen atoms in total. The number of rotatable bonds is 8. The summed E-state index contributed by atoms with van der Waals surface area (Å²) in [4.78, 5) is 11.0. The second-order valence-electron chi connectivity index (χ2n) is 3.59.